The molecule has 2 aliphatic heterocycles. The highest BCUT2D eigenvalue weighted by Crippen LogP contribution is 2.42. The highest BCUT2D eigenvalue weighted by atomic mass is 19.2. The van der Waals surface area contributed by atoms with E-state index in [1.165, 1.54) is 25.0 Å². The van der Waals surface area contributed by atoms with Crippen LogP contribution < -0.4 is 20.7 Å². The fourth-order valence-corrected chi connectivity index (χ4v) is 5.63. The Morgan fingerprint density at radius 3 is 2.88 bits per heavy atom. The molecule has 43 heavy (non-hydrogen) atoms. The molecule has 1 saturated heterocycles. The van der Waals surface area contributed by atoms with Crippen molar-refractivity contribution in [3.63, 3.8) is 0 Å². The van der Waals surface area contributed by atoms with Crippen LogP contribution in [0.4, 0.5) is 20.2 Å². The maximum Gasteiger partial charge on any atom is 0.266 e. The molecule has 0 aliphatic carbocycles. The highest BCUT2D eigenvalue weighted by molar-refractivity contribution is 6.04. The summed E-state index contributed by atoms with van der Waals surface area (Å²) in [5.74, 6) is 4.09. The Labute approximate surface area is 246 Å². The van der Waals surface area contributed by atoms with Crippen LogP contribution in [0.15, 0.2) is 64.9 Å². The first-order valence-corrected chi connectivity index (χ1v) is 14.1. The van der Waals surface area contributed by atoms with Gasteiger partial charge in [-0.05, 0) is 61.3 Å². The first-order chi connectivity index (χ1) is 20.8. The van der Waals surface area contributed by atoms with Gasteiger partial charge in [-0.2, -0.15) is 4.99 Å². The second kappa shape index (κ2) is 11.8. The van der Waals surface area contributed by atoms with Crippen LogP contribution >= 0.6 is 0 Å². The lowest BCUT2D eigenvalue weighted by Crippen LogP contribution is -2.43. The second-order valence-corrected chi connectivity index (χ2v) is 11.1. The summed E-state index contributed by atoms with van der Waals surface area (Å²) in [6.07, 6.45) is 8.53. The number of carbonyl (C=O) groups excluding carboxylic acids is 1. The number of aliphatic imine (C=N–C) groups is 1. The number of benzene rings is 2. The Kier molecular flexibility index (Phi) is 7.80. The van der Waals surface area contributed by atoms with E-state index < -0.39 is 23.1 Å². The second-order valence-electron chi connectivity index (χ2n) is 11.1. The number of pyridine rings is 1. The molecule has 1 fully saturated rings. The van der Waals surface area contributed by atoms with E-state index in [0.717, 1.165) is 70.6 Å². The summed E-state index contributed by atoms with van der Waals surface area (Å²) in [5.41, 5.74) is 3.20. The Bertz CT molecular complexity index is 1870. The lowest BCUT2D eigenvalue weighted by Gasteiger charge is -2.27. The lowest BCUT2D eigenvalue weighted by atomic mass is 10.0. The smallest absolute Gasteiger partial charge is 0.266 e. The molecule has 2 atom stereocenters. The van der Waals surface area contributed by atoms with Crippen molar-refractivity contribution in [1.29, 1.82) is 0 Å². The van der Waals surface area contributed by atoms with Crippen LogP contribution in [0.5, 0.6) is 0 Å². The van der Waals surface area contributed by atoms with Crippen LogP contribution in [0.3, 0.4) is 0 Å². The van der Waals surface area contributed by atoms with Crippen molar-refractivity contribution in [2.24, 2.45) is 10.9 Å². The Morgan fingerprint density at radius 2 is 2.07 bits per heavy atom. The number of hydrogen-bond acceptors (Lipinski definition) is 6. The summed E-state index contributed by atoms with van der Waals surface area (Å²) >= 11 is 0. The zero-order valence-corrected chi connectivity index (χ0v) is 23.6. The largest absolute Gasteiger partial charge is 0.341 e. The monoisotopic (exact) mass is 582 g/mol. The molecule has 2 aromatic carbocycles. The molecule has 1 amide bonds. The fourth-order valence-electron chi connectivity index (χ4n) is 5.63. The van der Waals surface area contributed by atoms with E-state index in [9.17, 15) is 18.4 Å². The van der Waals surface area contributed by atoms with Crippen LogP contribution in [0.1, 0.15) is 34.3 Å². The van der Waals surface area contributed by atoms with Crippen molar-refractivity contribution in [2.75, 3.05) is 33.2 Å². The number of hydrogen-bond donors (Lipinski definition) is 2. The molecule has 2 aliphatic rings. The van der Waals surface area contributed by atoms with Gasteiger partial charge in [-0.3, -0.25) is 19.1 Å². The molecule has 2 N–H and O–H groups in total. The van der Waals surface area contributed by atoms with E-state index in [-0.39, 0.29) is 18.7 Å². The number of nitrogens with zero attached hydrogens (tertiary/aromatic N) is 5. The standard InChI is InChI=1S/C32H29F2N7O2/c1-41(12-9-22-8-11-35-15-22)20-39-29-17-38-28-7-5-21(13-24(28)30(29)41)3-2-10-37-31(42)25-16-36-19-40(32(25)43)18-23-4-6-26(33)27(34)14-23/h4-7,13-14,16-17,19-20,22,35H,8-12,15,18H2,1H3/p+1/t22-,41?/m0/s1. The SMILES string of the molecule is C[N+]1(CC[C@@H]2CCNC2)C=Nc2cnc3ccc(C#CCNC(=O)c4cncn(Cc5ccc(F)c(F)c5)c4=O)cc3c21. The minimum absolute atomic E-state index is 0.00579. The van der Waals surface area contributed by atoms with Crippen LogP contribution in [0, 0.1) is 29.4 Å². The molecule has 2 aromatic heterocycles. The topological polar surface area (TPSA) is 101 Å². The van der Waals surface area contributed by atoms with Gasteiger partial charge in [0.15, 0.2) is 23.7 Å². The van der Waals surface area contributed by atoms with Gasteiger partial charge < -0.3 is 10.6 Å². The summed E-state index contributed by atoms with van der Waals surface area (Å²) in [5, 5.41) is 7.07. The highest BCUT2D eigenvalue weighted by Gasteiger charge is 2.35. The van der Waals surface area contributed by atoms with Gasteiger partial charge in [-0.1, -0.05) is 17.9 Å². The maximum absolute atomic E-state index is 13.6. The van der Waals surface area contributed by atoms with Crippen molar-refractivity contribution < 1.29 is 13.6 Å². The van der Waals surface area contributed by atoms with Crippen molar-refractivity contribution in [3.8, 4) is 11.8 Å². The number of quaternary nitrogens is 1. The molecule has 4 aromatic rings. The molecular formula is C32H30F2N7O2+. The number of nitrogens with one attached hydrogen (secondary N) is 2. The molecule has 0 saturated carbocycles. The van der Waals surface area contributed by atoms with Gasteiger partial charge in [0.2, 0.25) is 0 Å². The Hall–Kier alpha value is -4.79. The van der Waals surface area contributed by atoms with Crippen molar-refractivity contribution in [1.82, 2.24) is 29.7 Å². The number of amides is 1. The predicted octanol–water partition coefficient (Wildman–Crippen LogP) is 3.51. The van der Waals surface area contributed by atoms with Crippen molar-refractivity contribution in [2.45, 2.75) is 19.4 Å². The molecule has 9 nitrogen and oxygen atoms in total. The predicted molar refractivity (Wildman–Crippen MR) is 161 cm³/mol. The van der Waals surface area contributed by atoms with Crippen LogP contribution in [0.25, 0.3) is 10.9 Å². The molecule has 0 radical (unpaired) electrons. The molecule has 4 heterocycles. The van der Waals surface area contributed by atoms with E-state index in [2.05, 4.69) is 44.5 Å². The van der Waals surface area contributed by atoms with Gasteiger partial charge in [0, 0.05) is 18.2 Å². The maximum atomic E-state index is 13.6. The molecular weight excluding hydrogens is 552 g/mol. The molecule has 0 bridgehead atoms. The van der Waals surface area contributed by atoms with Crippen molar-refractivity contribution in [3.05, 3.63) is 93.8 Å². The zero-order valence-electron chi connectivity index (χ0n) is 23.6. The number of fused-ring (bicyclic) bond motifs is 3. The zero-order chi connectivity index (χ0) is 30.0. The quantitative estimate of drug-likeness (QED) is 0.257. The van der Waals surface area contributed by atoms with Crippen LogP contribution in [-0.2, 0) is 6.54 Å². The van der Waals surface area contributed by atoms with Gasteiger partial charge >= 0.3 is 0 Å². The van der Waals surface area contributed by atoms with E-state index >= 15 is 0 Å². The van der Waals surface area contributed by atoms with Gasteiger partial charge in [0.1, 0.15) is 11.3 Å². The fraction of sp³-hybridized carbons (Fsp3) is 0.281. The Balaban J connectivity index is 1.15. The van der Waals surface area contributed by atoms with E-state index in [0.29, 0.717) is 16.0 Å². The van der Waals surface area contributed by atoms with Crippen LogP contribution in [-0.4, -0.2) is 60.0 Å². The van der Waals surface area contributed by atoms with Gasteiger partial charge in [-0.15, -0.1) is 0 Å². The number of aromatic nitrogens is 3. The molecule has 1 unspecified atom stereocenters. The summed E-state index contributed by atoms with van der Waals surface area (Å²) in [6.45, 7) is 3.03. The molecule has 11 heteroatoms. The first-order valence-electron chi connectivity index (χ1n) is 14.1. The molecule has 0 spiro atoms. The number of carbonyl (C=O) groups is 1. The third kappa shape index (κ3) is 5.93. The Morgan fingerprint density at radius 1 is 1.19 bits per heavy atom. The summed E-state index contributed by atoms with van der Waals surface area (Å²) in [4.78, 5) is 38.8. The lowest BCUT2D eigenvalue weighted by molar-refractivity contribution is 0.0956. The average molecular weight is 583 g/mol. The molecule has 218 valence electrons. The number of rotatable bonds is 7. The van der Waals surface area contributed by atoms with E-state index in [4.69, 9.17) is 0 Å². The van der Waals surface area contributed by atoms with Gasteiger partial charge in [0.05, 0.1) is 50.1 Å². The van der Waals surface area contributed by atoms with Gasteiger partial charge in [0.25, 0.3) is 11.5 Å². The van der Waals surface area contributed by atoms with Gasteiger partial charge in [-0.25, -0.2) is 18.2 Å². The third-order valence-corrected chi connectivity index (χ3v) is 8.00. The minimum atomic E-state index is -1.02. The first kappa shape index (κ1) is 28.3. The third-order valence-electron chi connectivity index (χ3n) is 8.00. The number of halogens is 2. The average Bonchev–Trinajstić information content (AvgIpc) is 3.65. The summed E-state index contributed by atoms with van der Waals surface area (Å²) < 4.78 is 28.6. The molecule has 6 rings (SSSR count). The minimum Gasteiger partial charge on any atom is -0.341 e. The van der Waals surface area contributed by atoms with E-state index in [1.807, 2.05) is 30.7 Å². The normalized spacial score (nSPS) is 18.8. The van der Waals surface area contributed by atoms with Crippen LogP contribution in [0.2, 0.25) is 0 Å². The van der Waals surface area contributed by atoms with E-state index in [1.54, 1.807) is 0 Å². The summed E-state index contributed by atoms with van der Waals surface area (Å²) in [7, 11) is 2.18. The summed E-state index contributed by atoms with van der Waals surface area (Å²) in [6, 6.07) is 9.19. The van der Waals surface area contributed by atoms with Crippen molar-refractivity contribution >= 4 is 34.5 Å².